The summed E-state index contributed by atoms with van der Waals surface area (Å²) < 4.78 is 5.69. The quantitative estimate of drug-likeness (QED) is 0.105. The highest BCUT2D eigenvalue weighted by molar-refractivity contribution is 5.93. The molecule has 1 saturated heterocycles. The van der Waals surface area contributed by atoms with Crippen LogP contribution in [0.2, 0.25) is 0 Å². The molecule has 1 aliphatic rings. The molecule has 3 aromatic rings. The molecular weight excluding hydrogens is 674 g/mol. The second kappa shape index (κ2) is 23.2. The number of carbonyl (C=O) groups excluding carboxylic acids is 3. The maximum absolute atomic E-state index is 13.6. The molecule has 287 valence electrons. The summed E-state index contributed by atoms with van der Waals surface area (Å²) in [4.78, 5) is 43.2. The Hall–Kier alpha value is -4.49. The molecule has 0 aliphatic carbocycles. The maximum atomic E-state index is 13.6. The number of phenols is 1. The normalized spacial score (nSPS) is 13.1. The molecule has 3 amide bonds. The van der Waals surface area contributed by atoms with Crippen LogP contribution < -0.4 is 10.3 Å². The topological polar surface area (TPSA) is 146 Å². The van der Waals surface area contributed by atoms with Crippen LogP contribution in [0.1, 0.15) is 56.9 Å². The van der Waals surface area contributed by atoms with E-state index in [4.69, 9.17) is 4.74 Å². The number of nitrogens with one attached hydrogen (secondary N) is 1. The number of nitrogens with zero attached hydrogens (tertiary/aromatic N) is 4. The number of hydrogen-bond donors (Lipinski definition) is 4. The Morgan fingerprint density at radius 3 is 2.17 bits per heavy atom. The Labute approximate surface area is 313 Å². The summed E-state index contributed by atoms with van der Waals surface area (Å²) in [7, 11) is 0. The lowest BCUT2D eigenvalue weighted by atomic mass is 10.0. The number of piperidine rings is 1. The fourth-order valence-electron chi connectivity index (χ4n) is 6.38. The van der Waals surface area contributed by atoms with Crippen LogP contribution >= 0.6 is 0 Å². The fraction of sp³-hybridized carbons (Fsp3) is 0.463. The lowest BCUT2D eigenvalue weighted by molar-refractivity contribution is -0.132. The van der Waals surface area contributed by atoms with Gasteiger partial charge in [-0.15, -0.1) is 0 Å². The SMILES string of the molecule is O=C(CCOC(=O)N(c1ccccc1-c1ccccc1)N1CC[CH]CC1)NCCCCCN(Cc1ccc(O)cc1)C(=O)CCCN(CCO)CCO. The summed E-state index contributed by atoms with van der Waals surface area (Å²) in [5.41, 5.74) is 3.58. The summed E-state index contributed by atoms with van der Waals surface area (Å²) in [6.45, 7) is 4.31. The first-order valence-corrected chi connectivity index (χ1v) is 18.8. The van der Waals surface area contributed by atoms with Crippen LogP contribution in [0.25, 0.3) is 11.1 Å². The molecule has 1 aliphatic heterocycles. The summed E-state index contributed by atoms with van der Waals surface area (Å²) in [5.74, 6) is -0.000549. The van der Waals surface area contributed by atoms with E-state index in [2.05, 4.69) is 11.7 Å². The largest absolute Gasteiger partial charge is 0.508 e. The summed E-state index contributed by atoms with van der Waals surface area (Å²) in [5, 5.41) is 34.7. The van der Waals surface area contributed by atoms with E-state index in [-0.39, 0.29) is 43.8 Å². The third-order valence-electron chi connectivity index (χ3n) is 9.20. The van der Waals surface area contributed by atoms with Gasteiger partial charge in [-0.05, 0) is 80.8 Å². The number of benzene rings is 3. The first-order chi connectivity index (χ1) is 25.9. The fourth-order valence-corrected chi connectivity index (χ4v) is 6.38. The van der Waals surface area contributed by atoms with E-state index >= 15 is 0 Å². The van der Waals surface area contributed by atoms with Gasteiger partial charge >= 0.3 is 6.09 Å². The zero-order valence-electron chi connectivity index (χ0n) is 30.8. The molecule has 0 aromatic heterocycles. The van der Waals surface area contributed by atoms with E-state index < -0.39 is 6.09 Å². The standard InChI is InChI=1S/C41H56N5O7/c47-30-28-43(29-31-48)24-12-17-40(51)44(33-34-18-20-36(49)21-19-34)25-9-2-8-23-42-39(50)22-32-53-41(52)46(45-26-10-3-11-27-45)38-16-7-6-15-37(38)35-13-4-1-5-14-35/h1,3-7,13-16,18-21,47-49H,2,8-12,17,22-33H2,(H,42,50). The third-order valence-corrected chi connectivity index (χ3v) is 9.20. The molecule has 3 aromatic carbocycles. The number of phenolic OH excluding ortho intramolecular Hbond substituents is 1. The summed E-state index contributed by atoms with van der Waals surface area (Å²) in [6, 6.07) is 24.5. The van der Waals surface area contributed by atoms with E-state index in [1.165, 1.54) is 0 Å². The number of aromatic hydroxyl groups is 1. The molecule has 1 heterocycles. The molecule has 12 nitrogen and oxygen atoms in total. The molecule has 0 atom stereocenters. The minimum atomic E-state index is -0.512. The molecule has 0 unspecified atom stereocenters. The van der Waals surface area contributed by atoms with Gasteiger partial charge in [-0.3, -0.25) is 14.5 Å². The monoisotopic (exact) mass is 730 g/mol. The number of hydrogen-bond acceptors (Lipinski definition) is 9. The van der Waals surface area contributed by atoms with Crippen molar-refractivity contribution in [3.63, 3.8) is 0 Å². The molecule has 0 saturated carbocycles. The molecule has 1 fully saturated rings. The van der Waals surface area contributed by atoms with Gasteiger partial charge in [0.05, 0.1) is 25.3 Å². The molecule has 12 heteroatoms. The number of para-hydroxylation sites is 1. The van der Waals surface area contributed by atoms with Crippen molar-refractivity contribution in [3.8, 4) is 16.9 Å². The van der Waals surface area contributed by atoms with Crippen molar-refractivity contribution in [2.24, 2.45) is 0 Å². The van der Waals surface area contributed by atoms with Crippen LogP contribution in [0.15, 0.2) is 78.9 Å². The second-order valence-corrected chi connectivity index (χ2v) is 13.2. The maximum Gasteiger partial charge on any atom is 0.429 e. The van der Waals surface area contributed by atoms with Gasteiger partial charge in [0, 0.05) is 57.8 Å². The number of anilines is 1. The molecule has 4 rings (SSSR count). The number of ether oxygens (including phenoxy) is 1. The molecule has 53 heavy (non-hydrogen) atoms. The first-order valence-electron chi connectivity index (χ1n) is 18.8. The summed E-state index contributed by atoms with van der Waals surface area (Å²) >= 11 is 0. The number of unbranched alkanes of at least 4 members (excludes halogenated alkanes) is 2. The van der Waals surface area contributed by atoms with Crippen LogP contribution in [-0.2, 0) is 20.9 Å². The molecule has 0 bridgehead atoms. The Bertz CT molecular complexity index is 1510. The van der Waals surface area contributed by atoms with Crippen LogP contribution in [0.3, 0.4) is 0 Å². The van der Waals surface area contributed by atoms with Gasteiger partial charge in [0.1, 0.15) is 12.4 Å². The van der Waals surface area contributed by atoms with Crippen molar-refractivity contribution in [2.45, 2.75) is 57.9 Å². The number of carbonyl (C=O) groups is 3. The van der Waals surface area contributed by atoms with Gasteiger partial charge in [0.2, 0.25) is 11.8 Å². The van der Waals surface area contributed by atoms with Crippen molar-refractivity contribution in [3.05, 3.63) is 90.8 Å². The second-order valence-electron chi connectivity index (χ2n) is 13.2. The predicted octanol–water partition coefficient (Wildman–Crippen LogP) is 4.99. The van der Waals surface area contributed by atoms with Crippen LogP contribution in [-0.4, -0.2) is 114 Å². The molecular formula is C41H56N5O7. The average Bonchev–Trinajstić information content (AvgIpc) is 3.17. The number of hydrazine groups is 1. The predicted molar refractivity (Wildman–Crippen MR) is 206 cm³/mol. The van der Waals surface area contributed by atoms with Gasteiger partial charge in [-0.2, -0.15) is 0 Å². The Morgan fingerprint density at radius 1 is 0.755 bits per heavy atom. The van der Waals surface area contributed by atoms with Crippen molar-refractivity contribution < 1.29 is 34.4 Å². The zero-order valence-corrected chi connectivity index (χ0v) is 30.8. The van der Waals surface area contributed by atoms with E-state index in [9.17, 15) is 29.7 Å². The van der Waals surface area contributed by atoms with Gasteiger partial charge in [-0.1, -0.05) is 60.7 Å². The lowest BCUT2D eigenvalue weighted by Crippen LogP contribution is -2.50. The highest BCUT2D eigenvalue weighted by atomic mass is 16.6. The average molecular weight is 731 g/mol. The van der Waals surface area contributed by atoms with Crippen LogP contribution in [0.4, 0.5) is 10.5 Å². The van der Waals surface area contributed by atoms with Gasteiger partial charge in [-0.25, -0.2) is 14.8 Å². The van der Waals surface area contributed by atoms with Crippen molar-refractivity contribution in [1.29, 1.82) is 0 Å². The molecule has 1 radical (unpaired) electrons. The number of amides is 3. The number of rotatable bonds is 22. The third kappa shape index (κ3) is 14.1. The number of aliphatic hydroxyl groups is 2. The molecule has 0 spiro atoms. The zero-order chi connectivity index (χ0) is 37.7. The summed E-state index contributed by atoms with van der Waals surface area (Å²) in [6.07, 6.45) is 6.75. The van der Waals surface area contributed by atoms with Gasteiger partial charge in [0.15, 0.2) is 0 Å². The highest BCUT2D eigenvalue weighted by Crippen LogP contribution is 2.33. The van der Waals surface area contributed by atoms with Crippen molar-refractivity contribution in [2.75, 3.05) is 70.6 Å². The van der Waals surface area contributed by atoms with E-state index in [1.807, 2.05) is 69.4 Å². The number of aliphatic hydroxyl groups excluding tert-OH is 2. The minimum Gasteiger partial charge on any atom is -0.508 e. The van der Waals surface area contributed by atoms with Gasteiger partial charge < -0.3 is 30.3 Å². The Balaban J connectivity index is 1.21. The van der Waals surface area contributed by atoms with Crippen molar-refractivity contribution in [1.82, 2.24) is 20.1 Å². The minimum absolute atomic E-state index is 0.00340. The highest BCUT2D eigenvalue weighted by Gasteiger charge is 2.28. The van der Waals surface area contributed by atoms with E-state index in [0.717, 1.165) is 54.5 Å². The van der Waals surface area contributed by atoms with Gasteiger partial charge in [0.25, 0.3) is 0 Å². The van der Waals surface area contributed by atoms with E-state index in [1.54, 1.807) is 29.3 Å². The molecule has 4 N–H and O–H groups in total. The Kier molecular flexibility index (Phi) is 18.1. The van der Waals surface area contributed by atoms with Crippen LogP contribution in [0.5, 0.6) is 5.75 Å². The van der Waals surface area contributed by atoms with Crippen molar-refractivity contribution >= 4 is 23.6 Å². The van der Waals surface area contributed by atoms with E-state index in [0.29, 0.717) is 65.2 Å². The Morgan fingerprint density at radius 2 is 1.45 bits per heavy atom. The lowest BCUT2D eigenvalue weighted by Gasteiger charge is -2.37. The van der Waals surface area contributed by atoms with Crippen LogP contribution in [0, 0.1) is 6.42 Å². The smallest absolute Gasteiger partial charge is 0.429 e. The first kappa shape index (κ1) is 41.3.